The second kappa shape index (κ2) is 15.0. The van der Waals surface area contributed by atoms with Crippen LogP contribution >= 0.6 is 0 Å². The average molecular weight is 347 g/mol. The lowest BCUT2D eigenvalue weighted by Gasteiger charge is -2.05. The molecule has 0 aromatic heterocycles. The van der Waals surface area contributed by atoms with Gasteiger partial charge in [0.1, 0.15) is 0 Å². The maximum atomic E-state index is 11.0. The van der Waals surface area contributed by atoms with Crippen molar-refractivity contribution in [1.29, 1.82) is 0 Å². The van der Waals surface area contributed by atoms with Gasteiger partial charge < -0.3 is 4.74 Å². The van der Waals surface area contributed by atoms with Crippen LogP contribution in [0.4, 0.5) is 0 Å². The number of rotatable bonds is 15. The third kappa shape index (κ3) is 11.8. The molecule has 25 heavy (non-hydrogen) atoms. The van der Waals surface area contributed by atoms with Crippen molar-refractivity contribution in [1.82, 2.24) is 0 Å². The molecule has 0 bridgehead atoms. The molecule has 0 spiro atoms. The topological polar surface area (TPSA) is 26.3 Å². The molecule has 2 heteroatoms. The molecule has 0 fully saturated rings. The normalized spacial score (nSPS) is 10.8. The quantitative estimate of drug-likeness (QED) is 0.263. The minimum atomic E-state index is -0.0824. The van der Waals surface area contributed by atoms with E-state index in [1.165, 1.54) is 88.9 Å². The highest BCUT2D eigenvalue weighted by atomic mass is 16.5. The van der Waals surface area contributed by atoms with Crippen LogP contribution in [-0.2, 0) is 22.4 Å². The first-order valence-corrected chi connectivity index (χ1v) is 10.4. The Morgan fingerprint density at radius 3 is 1.64 bits per heavy atom. The van der Waals surface area contributed by atoms with Gasteiger partial charge in [0.25, 0.3) is 0 Å². The van der Waals surface area contributed by atoms with E-state index in [0.29, 0.717) is 6.42 Å². The Hall–Kier alpha value is -1.31. The van der Waals surface area contributed by atoms with Gasteiger partial charge in [0.2, 0.25) is 0 Å². The number of carbonyl (C=O) groups excluding carboxylic acids is 1. The standard InChI is InChI=1S/C23H38O2/c1-3-4-5-6-8-11-14-21-17-19-22(20-18-21)15-12-9-7-10-13-16-23(24)25-2/h17-20H,3-16H2,1-2H3. The van der Waals surface area contributed by atoms with E-state index >= 15 is 0 Å². The lowest BCUT2D eigenvalue weighted by atomic mass is 10.0. The zero-order valence-electron chi connectivity index (χ0n) is 16.5. The summed E-state index contributed by atoms with van der Waals surface area (Å²) in [6.07, 6.45) is 17.0. The molecule has 1 aromatic rings. The monoisotopic (exact) mass is 346 g/mol. The fourth-order valence-electron chi connectivity index (χ4n) is 3.21. The molecule has 0 saturated carbocycles. The minimum absolute atomic E-state index is 0.0824. The number of ether oxygens (including phenoxy) is 1. The molecule has 0 heterocycles. The van der Waals surface area contributed by atoms with Crippen molar-refractivity contribution in [3.05, 3.63) is 35.4 Å². The molecule has 1 aromatic carbocycles. The zero-order chi connectivity index (χ0) is 18.2. The van der Waals surface area contributed by atoms with E-state index in [0.717, 1.165) is 12.8 Å². The van der Waals surface area contributed by atoms with E-state index in [9.17, 15) is 4.79 Å². The lowest BCUT2D eigenvalue weighted by Crippen LogP contribution is -1.99. The van der Waals surface area contributed by atoms with Crippen LogP contribution in [0, 0.1) is 0 Å². The van der Waals surface area contributed by atoms with E-state index in [1.54, 1.807) is 0 Å². The zero-order valence-corrected chi connectivity index (χ0v) is 16.5. The molecule has 0 unspecified atom stereocenters. The molecule has 142 valence electrons. The Labute approximate surface area is 155 Å². The summed E-state index contributed by atoms with van der Waals surface area (Å²) in [5, 5.41) is 0. The number of esters is 1. The van der Waals surface area contributed by atoms with Crippen LogP contribution in [0.1, 0.15) is 95.1 Å². The average Bonchev–Trinajstić information content (AvgIpc) is 2.64. The number of hydrogen-bond donors (Lipinski definition) is 0. The number of benzene rings is 1. The number of unbranched alkanes of at least 4 members (excludes halogenated alkanes) is 9. The SMILES string of the molecule is CCCCCCCCc1ccc(CCCCCCCC(=O)OC)cc1. The highest BCUT2D eigenvalue weighted by molar-refractivity contribution is 5.68. The van der Waals surface area contributed by atoms with Crippen molar-refractivity contribution in [3.8, 4) is 0 Å². The van der Waals surface area contributed by atoms with Crippen molar-refractivity contribution in [3.63, 3.8) is 0 Å². The third-order valence-electron chi connectivity index (χ3n) is 4.92. The molecule has 2 nitrogen and oxygen atoms in total. The first kappa shape index (κ1) is 21.7. The van der Waals surface area contributed by atoms with Crippen LogP contribution in [0.2, 0.25) is 0 Å². The molecule has 0 aliphatic carbocycles. The van der Waals surface area contributed by atoms with Crippen molar-refractivity contribution in [2.24, 2.45) is 0 Å². The largest absolute Gasteiger partial charge is 0.469 e. The smallest absolute Gasteiger partial charge is 0.305 e. The van der Waals surface area contributed by atoms with Crippen LogP contribution < -0.4 is 0 Å². The van der Waals surface area contributed by atoms with Crippen LogP contribution in [0.5, 0.6) is 0 Å². The second-order valence-electron chi connectivity index (χ2n) is 7.18. The minimum Gasteiger partial charge on any atom is -0.469 e. The third-order valence-corrected chi connectivity index (χ3v) is 4.92. The van der Waals surface area contributed by atoms with Crippen molar-refractivity contribution >= 4 is 5.97 Å². The Kier molecular flexibility index (Phi) is 13.0. The summed E-state index contributed by atoms with van der Waals surface area (Å²) in [4.78, 5) is 11.0. The lowest BCUT2D eigenvalue weighted by molar-refractivity contribution is -0.140. The summed E-state index contributed by atoms with van der Waals surface area (Å²) in [6, 6.07) is 9.25. The second-order valence-corrected chi connectivity index (χ2v) is 7.18. The Balaban J connectivity index is 2.03. The van der Waals surface area contributed by atoms with Gasteiger partial charge in [-0.25, -0.2) is 0 Å². The summed E-state index contributed by atoms with van der Waals surface area (Å²) < 4.78 is 4.65. The molecule has 0 aliphatic heterocycles. The molecule has 0 amide bonds. The number of carbonyl (C=O) groups is 1. The van der Waals surface area contributed by atoms with Crippen LogP contribution in [0.25, 0.3) is 0 Å². The molecule has 0 saturated heterocycles. The fourth-order valence-corrected chi connectivity index (χ4v) is 3.21. The van der Waals surface area contributed by atoms with Crippen LogP contribution in [0.15, 0.2) is 24.3 Å². The number of aryl methyl sites for hydroxylation is 2. The van der Waals surface area contributed by atoms with Crippen LogP contribution in [0.3, 0.4) is 0 Å². The fraction of sp³-hybridized carbons (Fsp3) is 0.696. The molecule has 0 N–H and O–H groups in total. The molecular formula is C23H38O2. The van der Waals surface area contributed by atoms with Crippen LogP contribution in [-0.4, -0.2) is 13.1 Å². The van der Waals surface area contributed by atoms with Crippen molar-refractivity contribution in [2.75, 3.05) is 7.11 Å². The van der Waals surface area contributed by atoms with Gasteiger partial charge in [0, 0.05) is 6.42 Å². The Morgan fingerprint density at radius 2 is 1.16 bits per heavy atom. The van der Waals surface area contributed by atoms with E-state index in [2.05, 4.69) is 35.9 Å². The predicted molar refractivity (Wildman–Crippen MR) is 107 cm³/mol. The van der Waals surface area contributed by atoms with Gasteiger partial charge in [0.05, 0.1) is 7.11 Å². The predicted octanol–water partition coefficient (Wildman–Crippen LogP) is 6.65. The van der Waals surface area contributed by atoms with Gasteiger partial charge >= 0.3 is 5.97 Å². The van der Waals surface area contributed by atoms with Crippen molar-refractivity contribution in [2.45, 2.75) is 96.8 Å². The van der Waals surface area contributed by atoms with Crippen molar-refractivity contribution < 1.29 is 9.53 Å². The van der Waals surface area contributed by atoms with Gasteiger partial charge in [-0.2, -0.15) is 0 Å². The Bertz CT molecular complexity index is 436. The molecule has 0 atom stereocenters. The Morgan fingerprint density at radius 1 is 0.720 bits per heavy atom. The maximum absolute atomic E-state index is 11.0. The molecular weight excluding hydrogens is 308 g/mol. The van der Waals surface area contributed by atoms with E-state index in [1.807, 2.05) is 0 Å². The summed E-state index contributed by atoms with van der Waals surface area (Å²) in [5.41, 5.74) is 2.95. The number of hydrogen-bond acceptors (Lipinski definition) is 2. The molecule has 1 rings (SSSR count). The highest BCUT2D eigenvalue weighted by Gasteiger charge is 2.00. The number of methoxy groups -OCH3 is 1. The summed E-state index contributed by atoms with van der Waals surface area (Å²) in [6.45, 7) is 2.27. The van der Waals surface area contributed by atoms with E-state index in [4.69, 9.17) is 0 Å². The molecule has 0 aliphatic rings. The van der Waals surface area contributed by atoms with Gasteiger partial charge in [-0.05, 0) is 43.2 Å². The van der Waals surface area contributed by atoms with Gasteiger partial charge in [-0.3, -0.25) is 4.79 Å². The summed E-state index contributed by atoms with van der Waals surface area (Å²) in [5.74, 6) is -0.0824. The summed E-state index contributed by atoms with van der Waals surface area (Å²) >= 11 is 0. The maximum Gasteiger partial charge on any atom is 0.305 e. The molecule has 0 radical (unpaired) electrons. The van der Waals surface area contributed by atoms with Gasteiger partial charge in [0.15, 0.2) is 0 Å². The van der Waals surface area contributed by atoms with E-state index in [-0.39, 0.29) is 5.97 Å². The summed E-state index contributed by atoms with van der Waals surface area (Å²) in [7, 11) is 1.46. The van der Waals surface area contributed by atoms with Gasteiger partial charge in [-0.15, -0.1) is 0 Å². The first-order chi connectivity index (χ1) is 12.3. The first-order valence-electron chi connectivity index (χ1n) is 10.4. The highest BCUT2D eigenvalue weighted by Crippen LogP contribution is 2.14. The van der Waals surface area contributed by atoms with E-state index < -0.39 is 0 Å². The van der Waals surface area contributed by atoms with Gasteiger partial charge in [-0.1, -0.05) is 82.6 Å².